The fraction of sp³-hybridized carbons (Fsp3) is 0.625. The van der Waals surface area contributed by atoms with Crippen LogP contribution in [-0.2, 0) is 6.54 Å². The van der Waals surface area contributed by atoms with Crippen LogP contribution in [0.5, 0.6) is 5.88 Å². The third-order valence-corrected chi connectivity index (χ3v) is 3.43. The van der Waals surface area contributed by atoms with Gasteiger partial charge in [0.1, 0.15) is 0 Å². The summed E-state index contributed by atoms with van der Waals surface area (Å²) < 4.78 is 42.1. The summed E-state index contributed by atoms with van der Waals surface area (Å²) in [4.78, 5) is 8.48. The topological polar surface area (TPSA) is 58.5 Å². The van der Waals surface area contributed by atoms with Crippen molar-refractivity contribution in [1.29, 1.82) is 0 Å². The summed E-state index contributed by atoms with van der Waals surface area (Å²) in [6, 6.07) is 3.65. The first-order valence-corrected chi connectivity index (χ1v) is 8.13. The Labute approximate surface area is 139 Å². The summed E-state index contributed by atoms with van der Waals surface area (Å²) >= 11 is 0. The van der Waals surface area contributed by atoms with Gasteiger partial charge in [0, 0.05) is 25.4 Å². The maximum atomic E-state index is 12.2. The number of nitrogens with zero attached hydrogens (tertiary/aromatic N) is 2. The van der Waals surface area contributed by atoms with Crippen molar-refractivity contribution in [2.75, 3.05) is 19.7 Å². The van der Waals surface area contributed by atoms with Gasteiger partial charge >= 0.3 is 6.18 Å². The van der Waals surface area contributed by atoms with Crippen molar-refractivity contribution in [3.8, 4) is 5.88 Å². The molecule has 1 aromatic heterocycles. The predicted molar refractivity (Wildman–Crippen MR) is 85.9 cm³/mol. The first kappa shape index (κ1) is 18.4. The summed E-state index contributed by atoms with van der Waals surface area (Å²) in [6.07, 6.45) is -0.954. The number of aliphatic imine (C=N–C) groups is 1. The lowest BCUT2D eigenvalue weighted by molar-refractivity contribution is -0.132. The molecule has 0 saturated heterocycles. The molecule has 1 fully saturated rings. The van der Waals surface area contributed by atoms with Crippen LogP contribution >= 0.6 is 0 Å². The van der Waals surface area contributed by atoms with Gasteiger partial charge in [-0.3, -0.25) is 0 Å². The molecule has 0 amide bonds. The quantitative estimate of drug-likeness (QED) is 0.562. The molecule has 1 aliphatic carbocycles. The molecule has 1 heterocycles. The second kappa shape index (κ2) is 8.75. The number of halogens is 3. The zero-order chi connectivity index (χ0) is 17.4. The van der Waals surface area contributed by atoms with Crippen molar-refractivity contribution in [2.45, 2.75) is 38.9 Å². The van der Waals surface area contributed by atoms with Gasteiger partial charge in [0.15, 0.2) is 5.96 Å². The first-order chi connectivity index (χ1) is 11.5. The van der Waals surface area contributed by atoms with Crippen LogP contribution in [0, 0.1) is 5.92 Å². The molecular weight excluding hydrogens is 321 g/mol. The SMILES string of the molecule is CCNC(=NCc1ccc(OCC2CC2)nc1)NCCC(F)(F)F. The van der Waals surface area contributed by atoms with Gasteiger partial charge in [-0.2, -0.15) is 13.2 Å². The Hall–Kier alpha value is -1.99. The molecule has 24 heavy (non-hydrogen) atoms. The van der Waals surface area contributed by atoms with Gasteiger partial charge in [0.2, 0.25) is 5.88 Å². The van der Waals surface area contributed by atoms with Crippen molar-refractivity contribution < 1.29 is 17.9 Å². The fourth-order valence-corrected chi connectivity index (χ4v) is 1.91. The molecule has 0 atom stereocenters. The van der Waals surface area contributed by atoms with Gasteiger partial charge in [-0.1, -0.05) is 6.07 Å². The van der Waals surface area contributed by atoms with Crippen molar-refractivity contribution >= 4 is 5.96 Å². The van der Waals surface area contributed by atoms with Crippen LogP contribution in [0.1, 0.15) is 31.7 Å². The number of aromatic nitrogens is 1. The summed E-state index contributed by atoms with van der Waals surface area (Å²) in [5.74, 6) is 1.61. The summed E-state index contributed by atoms with van der Waals surface area (Å²) in [6.45, 7) is 3.26. The molecular formula is C16H23F3N4O. The molecule has 1 saturated carbocycles. The minimum Gasteiger partial charge on any atom is -0.477 e. The molecule has 134 valence electrons. The summed E-state index contributed by atoms with van der Waals surface area (Å²) in [5, 5.41) is 5.59. The van der Waals surface area contributed by atoms with Crippen LogP contribution in [0.15, 0.2) is 23.3 Å². The van der Waals surface area contributed by atoms with Gasteiger partial charge in [-0.05, 0) is 31.2 Å². The number of ether oxygens (including phenoxy) is 1. The normalized spacial score (nSPS) is 15.2. The van der Waals surface area contributed by atoms with E-state index < -0.39 is 12.6 Å². The molecule has 2 rings (SSSR count). The molecule has 0 spiro atoms. The fourth-order valence-electron chi connectivity index (χ4n) is 1.91. The maximum Gasteiger partial charge on any atom is 0.390 e. The predicted octanol–water partition coefficient (Wildman–Crippen LogP) is 2.88. The number of hydrogen-bond acceptors (Lipinski definition) is 3. The van der Waals surface area contributed by atoms with Gasteiger partial charge in [0.05, 0.1) is 19.6 Å². The van der Waals surface area contributed by atoms with Gasteiger partial charge in [-0.25, -0.2) is 9.98 Å². The van der Waals surface area contributed by atoms with Crippen LogP contribution in [-0.4, -0.2) is 36.8 Å². The number of hydrogen-bond donors (Lipinski definition) is 2. The molecule has 8 heteroatoms. The van der Waals surface area contributed by atoms with Crippen molar-refractivity contribution in [2.24, 2.45) is 10.9 Å². The monoisotopic (exact) mass is 344 g/mol. The van der Waals surface area contributed by atoms with E-state index in [1.807, 2.05) is 13.0 Å². The average Bonchev–Trinajstić information content (AvgIpc) is 3.35. The Balaban J connectivity index is 1.80. The Morgan fingerprint density at radius 3 is 2.71 bits per heavy atom. The Morgan fingerprint density at radius 2 is 2.12 bits per heavy atom. The van der Waals surface area contributed by atoms with Crippen molar-refractivity contribution in [3.63, 3.8) is 0 Å². The number of alkyl halides is 3. The minimum atomic E-state index is -4.18. The highest BCUT2D eigenvalue weighted by molar-refractivity contribution is 5.79. The zero-order valence-corrected chi connectivity index (χ0v) is 13.7. The summed E-state index contributed by atoms with van der Waals surface area (Å²) in [7, 11) is 0. The van der Waals surface area contributed by atoms with Crippen molar-refractivity contribution in [1.82, 2.24) is 15.6 Å². The Bertz CT molecular complexity index is 527. The van der Waals surface area contributed by atoms with E-state index in [0.717, 1.165) is 5.56 Å². The van der Waals surface area contributed by atoms with Gasteiger partial charge < -0.3 is 15.4 Å². The number of nitrogens with one attached hydrogen (secondary N) is 2. The number of guanidine groups is 1. The Kier molecular flexibility index (Phi) is 6.69. The van der Waals surface area contributed by atoms with E-state index in [1.165, 1.54) is 12.8 Å². The molecule has 0 unspecified atom stereocenters. The number of rotatable bonds is 8. The van der Waals surface area contributed by atoms with E-state index in [2.05, 4.69) is 20.6 Å². The van der Waals surface area contributed by atoms with E-state index in [0.29, 0.717) is 37.5 Å². The third kappa shape index (κ3) is 7.52. The lowest BCUT2D eigenvalue weighted by Gasteiger charge is -2.12. The van der Waals surface area contributed by atoms with Crippen LogP contribution in [0.4, 0.5) is 13.2 Å². The van der Waals surface area contributed by atoms with E-state index >= 15 is 0 Å². The minimum absolute atomic E-state index is 0.207. The zero-order valence-electron chi connectivity index (χ0n) is 13.7. The lowest BCUT2D eigenvalue weighted by Crippen LogP contribution is -2.38. The van der Waals surface area contributed by atoms with Gasteiger partial charge in [-0.15, -0.1) is 0 Å². The molecule has 0 aromatic carbocycles. The van der Waals surface area contributed by atoms with E-state index in [4.69, 9.17) is 4.74 Å². The van der Waals surface area contributed by atoms with Crippen molar-refractivity contribution in [3.05, 3.63) is 23.9 Å². The van der Waals surface area contributed by atoms with Gasteiger partial charge in [0.25, 0.3) is 0 Å². The highest BCUT2D eigenvalue weighted by Crippen LogP contribution is 2.29. The molecule has 0 radical (unpaired) electrons. The highest BCUT2D eigenvalue weighted by Gasteiger charge is 2.26. The maximum absolute atomic E-state index is 12.2. The Morgan fingerprint density at radius 1 is 1.33 bits per heavy atom. The average molecular weight is 344 g/mol. The molecule has 2 N–H and O–H groups in total. The third-order valence-electron chi connectivity index (χ3n) is 3.43. The lowest BCUT2D eigenvalue weighted by atomic mass is 10.3. The second-order valence-electron chi connectivity index (χ2n) is 5.75. The molecule has 0 aliphatic heterocycles. The summed E-state index contributed by atoms with van der Waals surface area (Å²) in [5.41, 5.74) is 0.863. The molecule has 0 bridgehead atoms. The molecule has 5 nitrogen and oxygen atoms in total. The second-order valence-corrected chi connectivity index (χ2v) is 5.75. The smallest absolute Gasteiger partial charge is 0.390 e. The van der Waals surface area contributed by atoms with E-state index in [1.54, 1.807) is 12.3 Å². The van der Waals surface area contributed by atoms with Crippen LogP contribution in [0.2, 0.25) is 0 Å². The van der Waals surface area contributed by atoms with E-state index in [-0.39, 0.29) is 6.54 Å². The van der Waals surface area contributed by atoms with Crippen LogP contribution in [0.3, 0.4) is 0 Å². The standard InChI is InChI=1S/C16H23F3N4O/c1-2-20-15(21-8-7-16(17,18)19)23-10-13-5-6-14(22-9-13)24-11-12-3-4-12/h5-6,9,12H,2-4,7-8,10-11H2,1H3,(H2,20,21,23). The largest absolute Gasteiger partial charge is 0.477 e. The first-order valence-electron chi connectivity index (χ1n) is 8.13. The van der Waals surface area contributed by atoms with Crippen LogP contribution in [0.25, 0.3) is 0 Å². The van der Waals surface area contributed by atoms with Crippen LogP contribution < -0.4 is 15.4 Å². The molecule has 1 aromatic rings. The molecule has 1 aliphatic rings. The number of pyridine rings is 1. The van der Waals surface area contributed by atoms with E-state index in [9.17, 15) is 13.2 Å². The highest BCUT2D eigenvalue weighted by atomic mass is 19.4.